The zero-order chi connectivity index (χ0) is 24.0. The molecule has 0 unspecified atom stereocenters. The number of likely N-dealkylation sites (N-methyl/N-ethyl adjacent to an activating group) is 1. The maximum absolute atomic E-state index is 14.2. The molecule has 11 heteroatoms. The molecule has 0 spiro atoms. The predicted octanol–water partition coefficient (Wildman–Crippen LogP) is 1.97. The van der Waals surface area contributed by atoms with E-state index in [-0.39, 0.29) is 40.5 Å². The van der Waals surface area contributed by atoms with Crippen LogP contribution >= 0.6 is 0 Å². The highest BCUT2D eigenvalue weighted by molar-refractivity contribution is 5.97. The number of hydrogen-bond acceptors (Lipinski definition) is 5. The van der Waals surface area contributed by atoms with Gasteiger partial charge in [-0.3, -0.25) is 14.4 Å². The maximum Gasteiger partial charge on any atom is 0.258 e. The van der Waals surface area contributed by atoms with Gasteiger partial charge in [-0.05, 0) is 36.4 Å². The number of carbonyl (C=O) groups is 2. The number of hydrogen-bond donors (Lipinski definition) is 1. The molecule has 5 rings (SSSR count). The highest BCUT2D eigenvalue weighted by Gasteiger charge is 2.25. The highest BCUT2D eigenvalue weighted by Crippen LogP contribution is 2.22. The van der Waals surface area contributed by atoms with Gasteiger partial charge in [0.25, 0.3) is 11.5 Å². The Morgan fingerprint density at radius 2 is 1.82 bits per heavy atom. The molecule has 1 fully saturated rings. The van der Waals surface area contributed by atoms with Crippen LogP contribution < -0.4 is 5.56 Å². The van der Waals surface area contributed by atoms with Crippen LogP contribution in [-0.4, -0.2) is 68.3 Å². The van der Waals surface area contributed by atoms with Crippen LogP contribution in [0.1, 0.15) is 10.4 Å². The first kappa shape index (κ1) is 21.4. The summed E-state index contributed by atoms with van der Waals surface area (Å²) in [6.07, 6.45) is 1.49. The number of aromatic nitrogens is 4. The van der Waals surface area contributed by atoms with Crippen molar-refractivity contribution in [3.8, 4) is 16.9 Å². The number of nitrogens with one attached hydrogen (secondary N) is 1. The lowest BCUT2D eigenvalue weighted by atomic mass is 10.1. The van der Waals surface area contributed by atoms with Crippen LogP contribution in [-0.2, 0) is 4.79 Å². The first-order chi connectivity index (χ1) is 16.3. The molecule has 172 valence electrons. The second-order valence-electron chi connectivity index (χ2n) is 8.00. The van der Waals surface area contributed by atoms with Gasteiger partial charge in [-0.1, -0.05) is 5.21 Å². The molecule has 0 saturated carbocycles. The number of H-pyrrole nitrogens is 1. The van der Waals surface area contributed by atoms with E-state index in [1.165, 1.54) is 21.8 Å². The Morgan fingerprint density at radius 1 is 1.06 bits per heavy atom. The van der Waals surface area contributed by atoms with Gasteiger partial charge >= 0.3 is 0 Å². The zero-order valence-corrected chi connectivity index (χ0v) is 18.0. The van der Waals surface area contributed by atoms with E-state index in [0.29, 0.717) is 24.3 Å². The summed E-state index contributed by atoms with van der Waals surface area (Å²) in [6, 6.07) is 9.65. The number of piperazine rings is 1. The number of carbonyl (C=O) groups excluding carboxylic acids is 2. The van der Waals surface area contributed by atoms with Gasteiger partial charge in [0, 0.05) is 37.2 Å². The van der Waals surface area contributed by atoms with Crippen molar-refractivity contribution in [3.05, 3.63) is 76.2 Å². The van der Waals surface area contributed by atoms with Gasteiger partial charge in [0.15, 0.2) is 0 Å². The first-order valence-electron chi connectivity index (χ1n) is 10.4. The SMILES string of the molecule is CN1CCN(C(=O)c2ccc(-n3cc(-c4cc5c(F)cc(F)cc5[nH]c4=O)nn3)cc2)CC1=O. The summed E-state index contributed by atoms with van der Waals surface area (Å²) in [5, 5.41) is 8.07. The third kappa shape index (κ3) is 3.81. The molecule has 1 saturated heterocycles. The number of pyridine rings is 1. The van der Waals surface area contributed by atoms with Gasteiger partial charge in [0.1, 0.15) is 23.9 Å². The zero-order valence-electron chi connectivity index (χ0n) is 18.0. The lowest BCUT2D eigenvalue weighted by Crippen LogP contribution is -2.50. The van der Waals surface area contributed by atoms with Crippen LogP contribution in [0.2, 0.25) is 0 Å². The highest BCUT2D eigenvalue weighted by atomic mass is 19.1. The molecule has 2 aromatic heterocycles. The molecule has 2 aromatic carbocycles. The molecule has 0 atom stereocenters. The number of benzene rings is 2. The van der Waals surface area contributed by atoms with Gasteiger partial charge in [-0.15, -0.1) is 5.10 Å². The maximum atomic E-state index is 14.2. The van der Waals surface area contributed by atoms with Crippen molar-refractivity contribution in [1.82, 2.24) is 29.8 Å². The fraction of sp³-hybridized carbons (Fsp3) is 0.174. The Kier molecular flexibility index (Phi) is 5.16. The second-order valence-corrected chi connectivity index (χ2v) is 8.00. The van der Waals surface area contributed by atoms with E-state index in [0.717, 1.165) is 12.1 Å². The topological polar surface area (TPSA) is 104 Å². The Balaban J connectivity index is 1.40. The minimum Gasteiger partial charge on any atom is -0.342 e. The van der Waals surface area contributed by atoms with E-state index >= 15 is 0 Å². The van der Waals surface area contributed by atoms with Crippen molar-refractivity contribution in [2.45, 2.75) is 0 Å². The number of fused-ring (bicyclic) bond motifs is 1. The van der Waals surface area contributed by atoms with Gasteiger partial charge in [0.2, 0.25) is 5.91 Å². The molecule has 0 radical (unpaired) electrons. The van der Waals surface area contributed by atoms with Crippen molar-refractivity contribution in [2.24, 2.45) is 0 Å². The Morgan fingerprint density at radius 3 is 2.56 bits per heavy atom. The summed E-state index contributed by atoms with van der Waals surface area (Å²) in [7, 11) is 1.70. The average Bonchev–Trinajstić information content (AvgIpc) is 3.30. The van der Waals surface area contributed by atoms with Crippen molar-refractivity contribution in [2.75, 3.05) is 26.7 Å². The van der Waals surface area contributed by atoms with Gasteiger partial charge in [-0.2, -0.15) is 0 Å². The smallest absolute Gasteiger partial charge is 0.258 e. The summed E-state index contributed by atoms with van der Waals surface area (Å²) in [4.78, 5) is 42.6. The van der Waals surface area contributed by atoms with Crippen LogP contribution in [0.15, 0.2) is 53.5 Å². The summed E-state index contributed by atoms with van der Waals surface area (Å²) in [5.74, 6) is -1.95. The van der Waals surface area contributed by atoms with Crippen LogP contribution in [0.4, 0.5) is 8.78 Å². The van der Waals surface area contributed by atoms with Crippen LogP contribution in [0.5, 0.6) is 0 Å². The molecule has 1 aliphatic heterocycles. The Labute approximate surface area is 191 Å². The first-order valence-corrected chi connectivity index (χ1v) is 10.4. The van der Waals surface area contributed by atoms with E-state index in [4.69, 9.17) is 0 Å². The molecule has 34 heavy (non-hydrogen) atoms. The van der Waals surface area contributed by atoms with E-state index in [2.05, 4.69) is 15.3 Å². The standard InChI is InChI=1S/C23H18F2N6O3/c1-29-6-7-30(12-21(29)32)23(34)13-2-4-15(5-3-13)31-11-20(27-28-31)17-10-16-18(25)8-14(24)9-19(16)26-22(17)33/h2-5,8-11H,6-7,12H2,1H3,(H,26,33). The van der Waals surface area contributed by atoms with E-state index in [1.807, 2.05) is 0 Å². The van der Waals surface area contributed by atoms with Crippen LogP contribution in [0.3, 0.4) is 0 Å². The normalized spacial score (nSPS) is 14.1. The molecular formula is C23H18F2N6O3. The molecule has 0 aliphatic carbocycles. The average molecular weight is 464 g/mol. The summed E-state index contributed by atoms with van der Waals surface area (Å²) in [6.45, 7) is 0.983. The number of nitrogens with zero attached hydrogens (tertiary/aromatic N) is 5. The lowest BCUT2D eigenvalue weighted by molar-refractivity contribution is -0.133. The van der Waals surface area contributed by atoms with E-state index < -0.39 is 17.2 Å². The van der Waals surface area contributed by atoms with Crippen molar-refractivity contribution in [3.63, 3.8) is 0 Å². The van der Waals surface area contributed by atoms with Gasteiger partial charge < -0.3 is 14.8 Å². The predicted molar refractivity (Wildman–Crippen MR) is 118 cm³/mol. The van der Waals surface area contributed by atoms with Crippen LogP contribution in [0, 0.1) is 11.6 Å². The quantitative estimate of drug-likeness (QED) is 0.499. The molecule has 9 nitrogen and oxygen atoms in total. The number of rotatable bonds is 3. The monoisotopic (exact) mass is 464 g/mol. The Hall–Kier alpha value is -4.41. The molecule has 0 bridgehead atoms. The van der Waals surface area contributed by atoms with Crippen molar-refractivity contribution < 1.29 is 18.4 Å². The minimum absolute atomic E-state index is 0.0388. The molecule has 4 aromatic rings. The minimum atomic E-state index is -0.804. The van der Waals surface area contributed by atoms with Crippen molar-refractivity contribution >= 4 is 22.7 Å². The molecule has 1 N–H and O–H groups in total. The number of amides is 2. The van der Waals surface area contributed by atoms with E-state index in [9.17, 15) is 23.2 Å². The van der Waals surface area contributed by atoms with Gasteiger partial charge in [-0.25, -0.2) is 13.5 Å². The summed E-state index contributed by atoms with van der Waals surface area (Å²) < 4.78 is 29.0. The van der Waals surface area contributed by atoms with Gasteiger partial charge in [0.05, 0.1) is 23.0 Å². The molecule has 1 aliphatic rings. The number of aromatic amines is 1. The molecule has 2 amide bonds. The largest absolute Gasteiger partial charge is 0.342 e. The summed E-state index contributed by atoms with van der Waals surface area (Å²) in [5.41, 5.74) is 0.761. The number of halogens is 2. The van der Waals surface area contributed by atoms with E-state index in [1.54, 1.807) is 36.2 Å². The third-order valence-corrected chi connectivity index (χ3v) is 5.77. The molecular weight excluding hydrogens is 446 g/mol. The fourth-order valence-electron chi connectivity index (χ4n) is 3.81. The van der Waals surface area contributed by atoms with Crippen molar-refractivity contribution in [1.29, 1.82) is 0 Å². The molecule has 3 heterocycles. The Bertz CT molecular complexity index is 1500. The van der Waals surface area contributed by atoms with Crippen LogP contribution in [0.25, 0.3) is 27.8 Å². The lowest BCUT2D eigenvalue weighted by Gasteiger charge is -2.32. The fourth-order valence-corrected chi connectivity index (χ4v) is 3.81. The summed E-state index contributed by atoms with van der Waals surface area (Å²) >= 11 is 0. The second kappa shape index (κ2) is 8.18. The third-order valence-electron chi connectivity index (χ3n) is 5.77.